The highest BCUT2D eigenvalue weighted by atomic mass is 16.5. The minimum atomic E-state index is -0.851. The number of hydrogen-bond acceptors (Lipinski definition) is 7. The molecule has 3 heterocycles. The molecule has 1 aromatic heterocycles. The molecule has 10 nitrogen and oxygen atoms in total. The van der Waals surface area contributed by atoms with Crippen LogP contribution in [0.4, 0.5) is 0 Å². The molecule has 0 unspecified atom stereocenters. The van der Waals surface area contributed by atoms with Gasteiger partial charge >= 0.3 is 5.97 Å². The molecule has 0 spiro atoms. The monoisotopic (exact) mass is 380 g/mol. The predicted octanol–water partition coefficient (Wildman–Crippen LogP) is -0.348. The van der Waals surface area contributed by atoms with Crippen molar-refractivity contribution in [2.75, 3.05) is 39.4 Å². The van der Waals surface area contributed by atoms with Gasteiger partial charge in [-0.2, -0.15) is 0 Å². The maximum Gasteiger partial charge on any atom is 0.317 e. The minimum absolute atomic E-state index is 0.0131. The number of fused-ring (bicyclic) bond motifs is 3. The Morgan fingerprint density at radius 2 is 1.96 bits per heavy atom. The Bertz CT molecular complexity index is 678. The number of nitrogens with zero attached hydrogens (tertiary/aromatic N) is 4. The molecule has 2 N–H and O–H groups in total. The first-order valence-electron chi connectivity index (χ1n) is 8.57. The second-order valence-electron chi connectivity index (χ2n) is 6.65. The first-order valence-corrected chi connectivity index (χ1v) is 8.57. The number of carboxylic acid groups (broad SMARTS) is 2. The molecule has 0 saturated carbocycles. The van der Waals surface area contributed by atoms with E-state index in [4.69, 9.17) is 19.7 Å². The van der Waals surface area contributed by atoms with Crippen LogP contribution in [0, 0.1) is 19.8 Å². The molecular formula is C17H24N4O6. The highest BCUT2D eigenvalue weighted by Crippen LogP contribution is 2.21. The summed E-state index contributed by atoms with van der Waals surface area (Å²) in [4.78, 5) is 44.5. The summed E-state index contributed by atoms with van der Waals surface area (Å²) in [6.45, 7) is 5.97. The summed E-state index contributed by atoms with van der Waals surface area (Å²) in [5.41, 5.74) is 1.14. The summed E-state index contributed by atoms with van der Waals surface area (Å²) in [6.07, 6.45) is 0. The lowest BCUT2D eigenvalue weighted by atomic mass is 10.1. The number of amides is 1. The van der Waals surface area contributed by atoms with Crippen molar-refractivity contribution in [2.24, 2.45) is 5.92 Å². The average molecular weight is 380 g/mol. The van der Waals surface area contributed by atoms with Crippen molar-refractivity contribution in [2.45, 2.75) is 19.9 Å². The van der Waals surface area contributed by atoms with Crippen LogP contribution >= 0.6 is 0 Å². The van der Waals surface area contributed by atoms with Gasteiger partial charge in [0, 0.05) is 31.2 Å². The van der Waals surface area contributed by atoms with Gasteiger partial charge in [0.15, 0.2) is 0 Å². The molecule has 27 heavy (non-hydrogen) atoms. The van der Waals surface area contributed by atoms with E-state index >= 15 is 0 Å². The lowest BCUT2D eigenvalue weighted by Crippen LogP contribution is -2.47. The van der Waals surface area contributed by atoms with E-state index in [1.165, 1.54) is 0 Å². The molecule has 2 fully saturated rings. The molecule has 148 valence electrons. The zero-order chi connectivity index (χ0) is 20.0. The molecule has 1 aromatic rings. The second kappa shape index (κ2) is 9.38. The van der Waals surface area contributed by atoms with Gasteiger partial charge in [0.05, 0.1) is 25.8 Å². The van der Waals surface area contributed by atoms with E-state index in [9.17, 15) is 9.59 Å². The second-order valence-corrected chi connectivity index (χ2v) is 6.65. The van der Waals surface area contributed by atoms with Gasteiger partial charge in [-0.15, -0.1) is 0 Å². The first-order chi connectivity index (χ1) is 12.8. The summed E-state index contributed by atoms with van der Waals surface area (Å²) >= 11 is 0. The van der Waals surface area contributed by atoms with Gasteiger partial charge in [0.2, 0.25) is 0 Å². The summed E-state index contributed by atoms with van der Waals surface area (Å²) in [5, 5.41) is 16.0. The summed E-state index contributed by atoms with van der Waals surface area (Å²) in [6, 6.07) is 1.53. The number of carboxylic acids is 1. The topological polar surface area (TPSA) is 133 Å². The Hall–Kier alpha value is -2.59. The number of aromatic nitrogens is 2. The van der Waals surface area contributed by atoms with E-state index in [2.05, 4.69) is 9.97 Å². The van der Waals surface area contributed by atoms with Gasteiger partial charge in [0.25, 0.3) is 12.4 Å². The van der Waals surface area contributed by atoms with Crippen LogP contribution < -0.4 is 0 Å². The zero-order valence-corrected chi connectivity index (χ0v) is 15.4. The van der Waals surface area contributed by atoms with Crippen molar-refractivity contribution >= 4 is 18.3 Å². The van der Waals surface area contributed by atoms with Crippen LogP contribution in [0.3, 0.4) is 0 Å². The smallest absolute Gasteiger partial charge is 0.317 e. The molecule has 2 atom stereocenters. The fourth-order valence-corrected chi connectivity index (χ4v) is 3.48. The Morgan fingerprint density at radius 1 is 1.26 bits per heavy atom. The fourth-order valence-electron chi connectivity index (χ4n) is 3.48. The Balaban J connectivity index is 0.000000817. The van der Waals surface area contributed by atoms with Gasteiger partial charge < -0.3 is 19.8 Å². The molecule has 2 saturated heterocycles. The van der Waals surface area contributed by atoms with E-state index in [1.54, 1.807) is 17.9 Å². The number of carbonyl (C=O) groups excluding carboxylic acids is 1. The van der Waals surface area contributed by atoms with Crippen molar-refractivity contribution in [1.29, 1.82) is 0 Å². The Labute approximate surface area is 156 Å². The van der Waals surface area contributed by atoms with E-state index in [0.717, 1.165) is 5.69 Å². The van der Waals surface area contributed by atoms with Gasteiger partial charge in [-0.05, 0) is 19.9 Å². The predicted molar refractivity (Wildman–Crippen MR) is 93.4 cm³/mol. The molecular weight excluding hydrogens is 356 g/mol. The third-order valence-electron chi connectivity index (χ3n) is 4.35. The Morgan fingerprint density at radius 3 is 2.59 bits per heavy atom. The molecule has 2 bridgehead atoms. The summed E-state index contributed by atoms with van der Waals surface area (Å²) in [5.74, 6) is -0.318. The third-order valence-corrected chi connectivity index (χ3v) is 4.35. The first kappa shape index (κ1) is 20.7. The maximum absolute atomic E-state index is 13.0. The summed E-state index contributed by atoms with van der Waals surface area (Å²) in [7, 11) is 0. The van der Waals surface area contributed by atoms with Crippen molar-refractivity contribution in [3.05, 3.63) is 23.3 Å². The van der Waals surface area contributed by atoms with Crippen LogP contribution in [-0.2, 0) is 14.3 Å². The number of carbonyl (C=O) groups is 3. The molecule has 1 amide bonds. The number of aryl methyl sites for hydroxylation is 2. The number of rotatable bonds is 3. The fraction of sp³-hybridized carbons (Fsp3) is 0.588. The quantitative estimate of drug-likeness (QED) is 0.675. The van der Waals surface area contributed by atoms with E-state index in [0.29, 0.717) is 44.4 Å². The van der Waals surface area contributed by atoms with Crippen LogP contribution in [0.1, 0.15) is 22.0 Å². The van der Waals surface area contributed by atoms with Gasteiger partial charge in [0.1, 0.15) is 11.5 Å². The molecule has 2 aliphatic heterocycles. The molecule has 0 radical (unpaired) electrons. The highest BCUT2D eigenvalue weighted by molar-refractivity contribution is 5.92. The third kappa shape index (κ3) is 5.69. The number of ether oxygens (including phenoxy) is 1. The molecule has 10 heteroatoms. The van der Waals surface area contributed by atoms with Gasteiger partial charge in [-0.25, -0.2) is 9.97 Å². The van der Waals surface area contributed by atoms with Crippen molar-refractivity contribution < 1.29 is 29.3 Å². The number of aliphatic carboxylic acids is 1. The highest BCUT2D eigenvalue weighted by Gasteiger charge is 2.37. The van der Waals surface area contributed by atoms with Gasteiger partial charge in [-0.3, -0.25) is 19.3 Å². The lowest BCUT2D eigenvalue weighted by molar-refractivity contribution is -0.138. The van der Waals surface area contributed by atoms with Crippen LogP contribution in [0.25, 0.3) is 0 Å². The SMILES string of the molecule is Cc1cc(C(=O)N2C[C@H]3COC[C@@H]2CN(CC(=O)O)C3)nc(C)n1.O=CO. The minimum Gasteiger partial charge on any atom is -0.483 e. The molecule has 0 aliphatic carbocycles. The van der Waals surface area contributed by atoms with Crippen molar-refractivity contribution in [1.82, 2.24) is 19.8 Å². The lowest BCUT2D eigenvalue weighted by Gasteiger charge is -2.30. The standard InChI is InChI=1S/C16H22N4O4.CH2O2/c1-10-3-14(18-11(2)17-10)16(23)20-5-12-4-19(7-15(21)22)6-13(20)9-24-8-12;2-1-3/h3,12-13H,4-9H2,1-2H3,(H,21,22);1H,(H,2,3)/t12-,13-;/m0./s1. The van der Waals surface area contributed by atoms with Crippen LogP contribution in [-0.4, -0.2) is 93.8 Å². The van der Waals surface area contributed by atoms with E-state index in [-0.39, 0.29) is 30.9 Å². The van der Waals surface area contributed by atoms with E-state index < -0.39 is 5.97 Å². The average Bonchev–Trinajstić information content (AvgIpc) is 2.84. The van der Waals surface area contributed by atoms with Crippen LogP contribution in [0.5, 0.6) is 0 Å². The van der Waals surface area contributed by atoms with Crippen LogP contribution in [0.2, 0.25) is 0 Å². The van der Waals surface area contributed by atoms with Crippen molar-refractivity contribution in [3.63, 3.8) is 0 Å². The number of hydrogen-bond donors (Lipinski definition) is 2. The normalized spacial score (nSPS) is 22.2. The molecule has 0 aromatic carbocycles. The van der Waals surface area contributed by atoms with E-state index in [1.807, 2.05) is 11.8 Å². The molecule has 2 aliphatic rings. The molecule has 3 rings (SSSR count). The maximum atomic E-state index is 13.0. The summed E-state index contributed by atoms with van der Waals surface area (Å²) < 4.78 is 5.68. The van der Waals surface area contributed by atoms with Crippen molar-refractivity contribution in [3.8, 4) is 0 Å². The van der Waals surface area contributed by atoms with Gasteiger partial charge in [-0.1, -0.05) is 0 Å². The van der Waals surface area contributed by atoms with Crippen LogP contribution in [0.15, 0.2) is 6.07 Å². The largest absolute Gasteiger partial charge is 0.483 e. The zero-order valence-electron chi connectivity index (χ0n) is 15.4. The Kier molecular flexibility index (Phi) is 7.19.